The predicted octanol–water partition coefficient (Wildman–Crippen LogP) is 3.15. The number of ether oxygens (including phenoxy) is 1. The van der Waals surface area contributed by atoms with Crippen molar-refractivity contribution in [3.05, 3.63) is 41.5 Å². The van der Waals surface area contributed by atoms with Gasteiger partial charge in [-0.2, -0.15) is 0 Å². The number of nitrogens with one attached hydrogen (secondary N) is 1. The Morgan fingerprint density at radius 3 is 2.71 bits per heavy atom. The van der Waals surface area contributed by atoms with Gasteiger partial charge < -0.3 is 10.1 Å². The van der Waals surface area contributed by atoms with Crippen LogP contribution >= 0.6 is 11.3 Å². The molecule has 0 aliphatic carbocycles. The number of rotatable bonds is 4. The molecule has 2 aromatic rings. The minimum Gasteiger partial charge on any atom is -0.447 e. The van der Waals surface area contributed by atoms with Crippen molar-refractivity contribution >= 4 is 17.2 Å². The number of amides is 1. The van der Waals surface area contributed by atoms with Crippen LogP contribution in [0, 0.1) is 5.92 Å². The van der Waals surface area contributed by atoms with Crippen LogP contribution in [-0.2, 0) is 0 Å². The summed E-state index contributed by atoms with van der Waals surface area (Å²) in [4.78, 5) is 19.8. The Morgan fingerprint density at radius 2 is 2.00 bits per heavy atom. The molecule has 2 aromatic heterocycles. The van der Waals surface area contributed by atoms with Gasteiger partial charge in [0.25, 0.3) is 5.91 Å². The van der Waals surface area contributed by atoms with Crippen molar-refractivity contribution in [1.82, 2.24) is 15.2 Å². The van der Waals surface area contributed by atoms with Gasteiger partial charge in [-0.05, 0) is 63.0 Å². The molecule has 2 atom stereocenters. The molecular weight excluding hydrogens is 322 g/mol. The summed E-state index contributed by atoms with van der Waals surface area (Å²) in [5, 5.41) is 3.97. The van der Waals surface area contributed by atoms with Crippen LogP contribution in [0.25, 0.3) is 0 Å². The highest BCUT2D eigenvalue weighted by Crippen LogP contribution is 2.33. The number of pyridine rings is 1. The van der Waals surface area contributed by atoms with Gasteiger partial charge in [-0.1, -0.05) is 11.3 Å². The molecular formula is C18H21N3O2S. The Balaban J connectivity index is 1.42. The molecule has 0 saturated carbocycles. The average Bonchev–Trinajstić information content (AvgIpc) is 3.08. The zero-order valence-corrected chi connectivity index (χ0v) is 14.5. The molecule has 0 radical (unpaired) electrons. The van der Waals surface area contributed by atoms with E-state index in [4.69, 9.17) is 4.74 Å². The summed E-state index contributed by atoms with van der Waals surface area (Å²) < 4.78 is 5.76. The summed E-state index contributed by atoms with van der Waals surface area (Å²) in [7, 11) is 0. The molecule has 24 heavy (non-hydrogen) atoms. The number of hydrogen-bond acceptors (Lipinski definition) is 5. The summed E-state index contributed by atoms with van der Waals surface area (Å²) in [6.07, 6.45) is 5.75. The zero-order chi connectivity index (χ0) is 16.5. The largest absolute Gasteiger partial charge is 0.447 e. The molecule has 0 aromatic carbocycles. The summed E-state index contributed by atoms with van der Waals surface area (Å²) in [6, 6.07) is 7.96. The first-order valence-electron chi connectivity index (χ1n) is 8.43. The minimum absolute atomic E-state index is 0.00942. The molecule has 126 valence electrons. The van der Waals surface area contributed by atoms with E-state index in [1.165, 1.54) is 37.3 Å². The van der Waals surface area contributed by atoms with Crippen molar-refractivity contribution in [1.29, 1.82) is 0 Å². The van der Waals surface area contributed by atoms with Crippen LogP contribution in [0.15, 0.2) is 36.7 Å². The van der Waals surface area contributed by atoms with Crippen molar-refractivity contribution in [2.45, 2.75) is 31.8 Å². The lowest BCUT2D eigenvalue weighted by Gasteiger charge is -2.49. The first-order valence-corrected chi connectivity index (χ1v) is 9.25. The lowest BCUT2D eigenvalue weighted by Crippen LogP contribution is -2.62. The second-order valence-electron chi connectivity index (χ2n) is 6.52. The fraction of sp³-hybridized carbons (Fsp3) is 0.444. The summed E-state index contributed by atoms with van der Waals surface area (Å²) >= 11 is 1.38. The number of nitrogens with zero attached hydrogens (tertiary/aromatic N) is 2. The Bertz CT molecular complexity index is 708. The van der Waals surface area contributed by atoms with Crippen molar-refractivity contribution < 1.29 is 9.53 Å². The number of hydrogen-bond donors (Lipinski definition) is 1. The molecule has 1 amide bonds. The van der Waals surface area contributed by atoms with Crippen LogP contribution in [0.2, 0.25) is 0 Å². The number of carbonyl (C=O) groups is 1. The third-order valence-corrected chi connectivity index (χ3v) is 6.11. The quantitative estimate of drug-likeness (QED) is 0.926. The molecule has 3 aliphatic rings. The van der Waals surface area contributed by atoms with Gasteiger partial charge in [-0.25, -0.2) is 0 Å². The first kappa shape index (κ1) is 15.6. The lowest BCUT2D eigenvalue weighted by molar-refractivity contribution is 0.0218. The molecule has 3 fully saturated rings. The van der Waals surface area contributed by atoms with Gasteiger partial charge in [0.15, 0.2) is 5.06 Å². The van der Waals surface area contributed by atoms with Crippen molar-refractivity contribution in [3.8, 4) is 10.8 Å². The van der Waals surface area contributed by atoms with E-state index in [1.54, 1.807) is 24.5 Å². The summed E-state index contributed by atoms with van der Waals surface area (Å²) in [5.41, 5.74) is 0. The Labute approximate surface area is 145 Å². The van der Waals surface area contributed by atoms with E-state index in [9.17, 15) is 4.79 Å². The van der Waals surface area contributed by atoms with Crippen LogP contribution in [0.5, 0.6) is 10.8 Å². The molecule has 6 heteroatoms. The van der Waals surface area contributed by atoms with E-state index in [-0.39, 0.29) is 11.9 Å². The predicted molar refractivity (Wildman–Crippen MR) is 93.6 cm³/mol. The Morgan fingerprint density at radius 1 is 1.25 bits per heavy atom. The SMILES string of the molecule is CC1C(NC(=O)c2ccc(Oc3ccncc3)s2)C2CCN1CC2. The molecule has 2 bridgehead atoms. The zero-order valence-electron chi connectivity index (χ0n) is 13.6. The number of carbonyl (C=O) groups excluding carboxylic acids is 1. The normalized spacial score (nSPS) is 28.5. The van der Waals surface area contributed by atoms with E-state index in [1.807, 2.05) is 12.1 Å². The fourth-order valence-electron chi connectivity index (χ4n) is 3.79. The van der Waals surface area contributed by atoms with Crippen LogP contribution in [-0.4, -0.2) is 41.0 Å². The van der Waals surface area contributed by atoms with E-state index in [0.29, 0.717) is 21.9 Å². The van der Waals surface area contributed by atoms with E-state index in [0.717, 1.165) is 5.75 Å². The second-order valence-corrected chi connectivity index (χ2v) is 7.56. The number of fused-ring (bicyclic) bond motifs is 3. The fourth-order valence-corrected chi connectivity index (χ4v) is 4.57. The summed E-state index contributed by atoms with van der Waals surface area (Å²) in [5.74, 6) is 1.35. The molecule has 3 saturated heterocycles. The Kier molecular flexibility index (Phi) is 4.24. The highest BCUT2D eigenvalue weighted by Gasteiger charge is 2.40. The molecule has 5 heterocycles. The van der Waals surface area contributed by atoms with Gasteiger partial charge in [-0.3, -0.25) is 14.7 Å². The van der Waals surface area contributed by atoms with E-state index < -0.39 is 0 Å². The summed E-state index contributed by atoms with van der Waals surface area (Å²) in [6.45, 7) is 4.56. The van der Waals surface area contributed by atoms with Crippen molar-refractivity contribution in [2.75, 3.05) is 13.1 Å². The lowest BCUT2D eigenvalue weighted by atomic mass is 9.79. The van der Waals surface area contributed by atoms with Crippen LogP contribution < -0.4 is 10.1 Å². The van der Waals surface area contributed by atoms with Crippen molar-refractivity contribution in [2.24, 2.45) is 5.92 Å². The van der Waals surface area contributed by atoms with Gasteiger partial charge in [0.05, 0.1) is 4.88 Å². The number of aromatic nitrogens is 1. The maximum atomic E-state index is 12.6. The highest BCUT2D eigenvalue weighted by atomic mass is 32.1. The highest BCUT2D eigenvalue weighted by molar-refractivity contribution is 7.15. The van der Waals surface area contributed by atoms with E-state index in [2.05, 4.69) is 22.1 Å². The average molecular weight is 343 g/mol. The third-order valence-electron chi connectivity index (χ3n) is 5.15. The third kappa shape index (κ3) is 3.03. The van der Waals surface area contributed by atoms with Gasteiger partial charge >= 0.3 is 0 Å². The van der Waals surface area contributed by atoms with Crippen LogP contribution in [0.4, 0.5) is 0 Å². The van der Waals surface area contributed by atoms with Crippen LogP contribution in [0.1, 0.15) is 29.4 Å². The second kappa shape index (κ2) is 6.53. The van der Waals surface area contributed by atoms with Gasteiger partial charge in [-0.15, -0.1) is 0 Å². The first-order chi connectivity index (χ1) is 11.7. The maximum Gasteiger partial charge on any atom is 0.261 e. The van der Waals surface area contributed by atoms with Crippen LogP contribution in [0.3, 0.4) is 0 Å². The molecule has 0 spiro atoms. The molecule has 5 rings (SSSR count). The smallest absolute Gasteiger partial charge is 0.261 e. The van der Waals surface area contributed by atoms with Gasteiger partial charge in [0, 0.05) is 24.5 Å². The molecule has 1 N–H and O–H groups in total. The number of piperidine rings is 3. The van der Waals surface area contributed by atoms with Crippen molar-refractivity contribution in [3.63, 3.8) is 0 Å². The van der Waals surface area contributed by atoms with Gasteiger partial charge in [0.2, 0.25) is 0 Å². The Hall–Kier alpha value is -1.92. The van der Waals surface area contributed by atoms with E-state index >= 15 is 0 Å². The molecule has 3 aliphatic heterocycles. The monoisotopic (exact) mass is 343 g/mol. The molecule has 5 nitrogen and oxygen atoms in total. The standard InChI is InChI=1S/C18H21N3O2S/c1-12-17(13-6-10-21(12)11-7-13)20-18(22)15-2-3-16(24-15)23-14-4-8-19-9-5-14/h2-5,8-9,12-13,17H,6-7,10-11H2,1H3,(H,20,22). The topological polar surface area (TPSA) is 54.5 Å². The molecule has 2 unspecified atom stereocenters. The minimum atomic E-state index is 0.00942. The van der Waals surface area contributed by atoms with Gasteiger partial charge in [0.1, 0.15) is 5.75 Å². The number of thiophene rings is 1. The maximum absolute atomic E-state index is 12.6.